The molecular weight excluding hydrogens is 382 g/mol. The van der Waals surface area contributed by atoms with Crippen LogP contribution in [0.1, 0.15) is 12.7 Å². The van der Waals surface area contributed by atoms with Gasteiger partial charge < -0.3 is 9.80 Å². The third kappa shape index (κ3) is 2.89. The smallest absolute Gasteiger partial charge is 0.203 e. The van der Waals surface area contributed by atoms with Gasteiger partial charge in [0.2, 0.25) is 5.65 Å². The zero-order chi connectivity index (χ0) is 18.4. The van der Waals surface area contributed by atoms with Crippen LogP contribution in [-0.4, -0.2) is 50.7 Å². The van der Waals surface area contributed by atoms with E-state index in [0.29, 0.717) is 0 Å². The summed E-state index contributed by atoms with van der Waals surface area (Å²) in [7, 11) is 0. The molecule has 7 nitrogen and oxygen atoms in total. The van der Waals surface area contributed by atoms with Crippen LogP contribution in [-0.2, 0) is 6.42 Å². The maximum atomic E-state index is 6.10. The molecule has 1 aliphatic rings. The number of aromatic nitrogens is 5. The Morgan fingerprint density at radius 2 is 1.93 bits per heavy atom. The summed E-state index contributed by atoms with van der Waals surface area (Å²) in [4.78, 5) is 14.0. The Hall–Kier alpha value is -2.45. The van der Waals surface area contributed by atoms with Crippen LogP contribution in [0.25, 0.3) is 15.9 Å². The Balaban J connectivity index is 1.37. The highest BCUT2D eigenvalue weighted by atomic mass is 35.5. The fourth-order valence-electron chi connectivity index (χ4n) is 3.46. The zero-order valence-electron chi connectivity index (χ0n) is 14.8. The van der Waals surface area contributed by atoms with Crippen molar-refractivity contribution in [3.05, 3.63) is 41.4 Å². The summed E-state index contributed by atoms with van der Waals surface area (Å²) in [6.45, 7) is 5.62. The molecular formula is C18H18ClN7S. The minimum Gasteiger partial charge on any atom is -0.350 e. The van der Waals surface area contributed by atoms with Crippen LogP contribution in [0.15, 0.2) is 30.6 Å². The fraction of sp³-hybridized carbons (Fsp3) is 0.333. The lowest BCUT2D eigenvalue weighted by atomic mass is 10.3. The molecule has 1 aromatic carbocycles. The number of fused-ring (bicyclic) bond motifs is 2. The number of benzene rings is 1. The van der Waals surface area contributed by atoms with Crippen LogP contribution >= 0.6 is 22.9 Å². The van der Waals surface area contributed by atoms with E-state index < -0.39 is 0 Å². The number of rotatable bonds is 3. The van der Waals surface area contributed by atoms with Crippen molar-refractivity contribution in [3.63, 3.8) is 0 Å². The summed E-state index contributed by atoms with van der Waals surface area (Å²) in [6, 6.07) is 5.85. The van der Waals surface area contributed by atoms with Gasteiger partial charge in [0.25, 0.3) is 0 Å². The quantitative estimate of drug-likeness (QED) is 0.527. The SMILES string of the molecule is CCc1nnc2c(N3CCN(c4nc5ccc(Cl)cc5s4)CC3)nccn12. The van der Waals surface area contributed by atoms with E-state index in [1.807, 2.05) is 35.0 Å². The average molecular weight is 400 g/mol. The molecule has 0 radical (unpaired) electrons. The highest BCUT2D eigenvalue weighted by molar-refractivity contribution is 7.22. The first kappa shape index (κ1) is 16.7. The van der Waals surface area contributed by atoms with Crippen molar-refractivity contribution in [2.24, 2.45) is 0 Å². The number of halogens is 1. The van der Waals surface area contributed by atoms with Crippen LogP contribution in [0.3, 0.4) is 0 Å². The van der Waals surface area contributed by atoms with Crippen LogP contribution < -0.4 is 9.80 Å². The molecule has 27 heavy (non-hydrogen) atoms. The molecule has 1 aliphatic heterocycles. The molecule has 0 unspecified atom stereocenters. The molecule has 4 heterocycles. The van der Waals surface area contributed by atoms with E-state index in [2.05, 4.69) is 31.9 Å². The van der Waals surface area contributed by atoms with Gasteiger partial charge >= 0.3 is 0 Å². The number of thiazole rings is 1. The van der Waals surface area contributed by atoms with Gasteiger partial charge in [-0.05, 0) is 18.2 Å². The van der Waals surface area contributed by atoms with Gasteiger partial charge in [-0.3, -0.25) is 4.40 Å². The largest absolute Gasteiger partial charge is 0.350 e. The fourth-order valence-corrected chi connectivity index (χ4v) is 4.75. The van der Waals surface area contributed by atoms with Gasteiger partial charge in [0.15, 0.2) is 10.9 Å². The summed E-state index contributed by atoms with van der Waals surface area (Å²) in [5, 5.41) is 10.4. The second kappa shape index (κ2) is 6.61. The number of aryl methyl sites for hydroxylation is 1. The minimum atomic E-state index is 0.751. The predicted octanol–water partition coefficient (Wildman–Crippen LogP) is 3.28. The summed E-state index contributed by atoms with van der Waals surface area (Å²) in [6.07, 6.45) is 4.61. The Kier molecular flexibility index (Phi) is 4.09. The van der Waals surface area contributed by atoms with Crippen molar-refractivity contribution in [2.75, 3.05) is 36.0 Å². The summed E-state index contributed by atoms with van der Waals surface area (Å²) < 4.78 is 3.16. The van der Waals surface area contributed by atoms with Crippen LogP contribution in [0.2, 0.25) is 5.02 Å². The van der Waals surface area contributed by atoms with Crippen LogP contribution in [0, 0.1) is 0 Å². The first-order chi connectivity index (χ1) is 13.2. The van der Waals surface area contributed by atoms with E-state index in [-0.39, 0.29) is 0 Å². The Morgan fingerprint density at radius 3 is 2.74 bits per heavy atom. The van der Waals surface area contributed by atoms with Crippen molar-refractivity contribution in [2.45, 2.75) is 13.3 Å². The van der Waals surface area contributed by atoms with E-state index in [4.69, 9.17) is 16.6 Å². The van der Waals surface area contributed by atoms with Crippen molar-refractivity contribution in [1.29, 1.82) is 0 Å². The molecule has 0 N–H and O–H groups in total. The molecule has 1 fully saturated rings. The van der Waals surface area contributed by atoms with E-state index in [1.54, 1.807) is 11.3 Å². The number of piperazine rings is 1. The van der Waals surface area contributed by atoms with Gasteiger partial charge in [0.1, 0.15) is 5.82 Å². The average Bonchev–Trinajstić information content (AvgIpc) is 3.31. The van der Waals surface area contributed by atoms with Gasteiger partial charge in [-0.25, -0.2) is 9.97 Å². The maximum absolute atomic E-state index is 6.10. The van der Waals surface area contributed by atoms with E-state index in [0.717, 1.165) is 70.3 Å². The molecule has 0 atom stereocenters. The molecule has 138 valence electrons. The molecule has 0 bridgehead atoms. The molecule has 0 amide bonds. The molecule has 0 aliphatic carbocycles. The van der Waals surface area contributed by atoms with Gasteiger partial charge in [-0.1, -0.05) is 29.9 Å². The third-order valence-electron chi connectivity index (χ3n) is 4.88. The Bertz CT molecular complexity index is 1110. The lowest BCUT2D eigenvalue weighted by Gasteiger charge is -2.35. The van der Waals surface area contributed by atoms with Crippen molar-refractivity contribution >= 4 is 49.8 Å². The lowest BCUT2D eigenvalue weighted by molar-refractivity contribution is 0.646. The molecule has 1 saturated heterocycles. The summed E-state index contributed by atoms with van der Waals surface area (Å²) in [5.41, 5.74) is 1.83. The predicted molar refractivity (Wildman–Crippen MR) is 109 cm³/mol. The van der Waals surface area contributed by atoms with Crippen LogP contribution in [0.4, 0.5) is 10.9 Å². The Labute approximate surface area is 165 Å². The maximum Gasteiger partial charge on any atom is 0.203 e. The highest BCUT2D eigenvalue weighted by Gasteiger charge is 2.23. The van der Waals surface area contributed by atoms with Gasteiger partial charge in [0.05, 0.1) is 10.2 Å². The number of anilines is 2. The zero-order valence-corrected chi connectivity index (χ0v) is 16.4. The normalized spacial score (nSPS) is 15.2. The van der Waals surface area contributed by atoms with Gasteiger partial charge in [-0.15, -0.1) is 10.2 Å². The highest BCUT2D eigenvalue weighted by Crippen LogP contribution is 2.31. The second-order valence-electron chi connectivity index (χ2n) is 6.50. The third-order valence-corrected chi connectivity index (χ3v) is 6.20. The van der Waals surface area contributed by atoms with Crippen molar-refractivity contribution in [3.8, 4) is 0 Å². The second-order valence-corrected chi connectivity index (χ2v) is 7.94. The first-order valence-electron chi connectivity index (χ1n) is 8.97. The first-order valence-corrected chi connectivity index (χ1v) is 10.2. The van der Waals surface area contributed by atoms with Crippen molar-refractivity contribution < 1.29 is 0 Å². The van der Waals surface area contributed by atoms with Gasteiger partial charge in [-0.2, -0.15) is 0 Å². The number of hydrogen-bond acceptors (Lipinski definition) is 7. The summed E-state index contributed by atoms with van der Waals surface area (Å²) >= 11 is 7.79. The lowest BCUT2D eigenvalue weighted by Crippen LogP contribution is -2.47. The van der Waals surface area contributed by atoms with E-state index in [1.165, 1.54) is 0 Å². The van der Waals surface area contributed by atoms with E-state index in [9.17, 15) is 0 Å². The minimum absolute atomic E-state index is 0.751. The Morgan fingerprint density at radius 1 is 1.11 bits per heavy atom. The topological polar surface area (TPSA) is 62.5 Å². The molecule has 4 aromatic rings. The molecule has 9 heteroatoms. The standard InChI is InChI=1S/C18H18ClN7S/c1-2-15-22-23-17-16(20-5-6-26(15)17)24-7-9-25(10-8-24)18-21-13-4-3-12(19)11-14(13)27-18/h3-6,11H,2,7-10H2,1H3. The monoisotopic (exact) mass is 399 g/mol. The molecule has 0 saturated carbocycles. The molecule has 3 aromatic heterocycles. The number of hydrogen-bond donors (Lipinski definition) is 0. The van der Waals surface area contributed by atoms with Crippen LogP contribution in [0.5, 0.6) is 0 Å². The number of nitrogens with zero attached hydrogens (tertiary/aromatic N) is 7. The van der Waals surface area contributed by atoms with E-state index >= 15 is 0 Å². The summed E-state index contributed by atoms with van der Waals surface area (Å²) in [5.74, 6) is 1.86. The molecule has 5 rings (SSSR count). The van der Waals surface area contributed by atoms with Crippen molar-refractivity contribution in [1.82, 2.24) is 24.6 Å². The van der Waals surface area contributed by atoms with Gasteiger partial charge in [0, 0.05) is 50.0 Å². The molecule has 0 spiro atoms.